The Bertz CT molecular complexity index is 1070. The van der Waals surface area contributed by atoms with Crippen LogP contribution in [0.4, 0.5) is 0 Å². The number of carbonyl (C=O) groups excluding carboxylic acids is 1. The summed E-state index contributed by atoms with van der Waals surface area (Å²) in [6, 6.07) is 8.19. The van der Waals surface area contributed by atoms with Gasteiger partial charge in [0, 0.05) is 11.6 Å². The van der Waals surface area contributed by atoms with Gasteiger partial charge in [0.15, 0.2) is 0 Å². The summed E-state index contributed by atoms with van der Waals surface area (Å²) in [5.74, 6) is -1.32. The highest BCUT2D eigenvalue weighted by atomic mass is 16.4. The molecule has 1 aliphatic carbocycles. The molecule has 1 fully saturated rings. The van der Waals surface area contributed by atoms with Crippen LogP contribution in [-0.2, 0) is 6.54 Å². The molecule has 3 N–H and O–H groups in total. The number of rotatable bonds is 5. The Hall–Kier alpha value is -3.29. The summed E-state index contributed by atoms with van der Waals surface area (Å²) in [7, 11) is 0. The fourth-order valence-electron chi connectivity index (χ4n) is 3.65. The lowest BCUT2D eigenvalue weighted by atomic mass is 10.1. The summed E-state index contributed by atoms with van der Waals surface area (Å²) in [6.07, 6.45) is 4.24. The fraction of sp³-hybridized carbons (Fsp3) is 0.316. The largest absolute Gasteiger partial charge is 0.475 e. The lowest BCUT2D eigenvalue weighted by Gasteiger charge is -2.11. The van der Waals surface area contributed by atoms with E-state index >= 15 is 0 Å². The van der Waals surface area contributed by atoms with E-state index in [1.54, 1.807) is 22.8 Å². The van der Waals surface area contributed by atoms with Crippen LogP contribution in [0.15, 0.2) is 39.5 Å². The van der Waals surface area contributed by atoms with Gasteiger partial charge in [-0.05, 0) is 43.2 Å². The van der Waals surface area contributed by atoms with Crippen molar-refractivity contribution in [3.63, 3.8) is 0 Å². The highest BCUT2D eigenvalue weighted by Crippen LogP contribution is 2.30. The highest BCUT2D eigenvalue weighted by molar-refractivity contribution is 5.97. The third-order valence-corrected chi connectivity index (χ3v) is 4.96. The number of H-pyrrole nitrogens is 1. The number of nitrogens with one attached hydrogen (secondary N) is 2. The van der Waals surface area contributed by atoms with Crippen molar-refractivity contribution in [2.45, 2.75) is 38.3 Å². The molecule has 0 bridgehead atoms. The maximum atomic E-state index is 12.4. The summed E-state index contributed by atoms with van der Waals surface area (Å²) < 4.78 is 6.90. The minimum atomic E-state index is -1.16. The summed E-state index contributed by atoms with van der Waals surface area (Å²) >= 11 is 0. The van der Waals surface area contributed by atoms with Crippen molar-refractivity contribution in [2.24, 2.45) is 0 Å². The standard InChI is InChI=1S/C19H19N3O5/c23-17(20-10-13-6-8-16(27-13)18(24)25)11-5-7-15-14(9-11)21-19(26)22(15)12-3-1-2-4-12/h5-9,12H,1-4,10H2,(H,20,23)(H,21,26)(H,24,25). The molecule has 0 saturated heterocycles. The second kappa shape index (κ2) is 6.79. The van der Waals surface area contributed by atoms with Crippen LogP contribution in [0.2, 0.25) is 0 Å². The Morgan fingerprint density at radius 2 is 2.00 bits per heavy atom. The molecule has 1 aromatic carbocycles. The monoisotopic (exact) mass is 369 g/mol. The first-order chi connectivity index (χ1) is 13.0. The molecule has 8 nitrogen and oxygen atoms in total. The number of aromatic nitrogens is 2. The number of fused-ring (bicyclic) bond motifs is 1. The van der Waals surface area contributed by atoms with Gasteiger partial charge in [-0.15, -0.1) is 0 Å². The first-order valence-corrected chi connectivity index (χ1v) is 8.87. The number of furan rings is 1. The zero-order valence-electron chi connectivity index (χ0n) is 14.5. The van der Waals surface area contributed by atoms with Gasteiger partial charge >= 0.3 is 11.7 Å². The maximum absolute atomic E-state index is 12.4. The van der Waals surface area contributed by atoms with E-state index in [0.717, 1.165) is 31.2 Å². The van der Waals surface area contributed by atoms with Gasteiger partial charge in [0.1, 0.15) is 5.76 Å². The molecule has 0 atom stereocenters. The Morgan fingerprint density at radius 1 is 1.22 bits per heavy atom. The summed E-state index contributed by atoms with van der Waals surface area (Å²) in [5.41, 5.74) is 1.70. The predicted octanol–water partition coefficient (Wildman–Crippen LogP) is 2.67. The third kappa shape index (κ3) is 3.25. The van der Waals surface area contributed by atoms with E-state index in [1.807, 2.05) is 0 Å². The van der Waals surface area contributed by atoms with Crippen LogP contribution in [0.25, 0.3) is 11.0 Å². The molecular weight excluding hydrogens is 350 g/mol. The number of imidazole rings is 1. The van der Waals surface area contributed by atoms with Crippen LogP contribution < -0.4 is 11.0 Å². The van der Waals surface area contributed by atoms with E-state index in [2.05, 4.69) is 10.3 Å². The van der Waals surface area contributed by atoms with Crippen molar-refractivity contribution in [3.05, 3.63) is 57.9 Å². The van der Waals surface area contributed by atoms with Crippen molar-refractivity contribution >= 4 is 22.9 Å². The number of amides is 1. The van der Waals surface area contributed by atoms with Crippen molar-refractivity contribution in [3.8, 4) is 0 Å². The number of carboxylic acid groups (broad SMARTS) is 1. The normalized spacial score (nSPS) is 14.7. The molecule has 8 heteroatoms. The van der Waals surface area contributed by atoms with Crippen LogP contribution >= 0.6 is 0 Å². The molecule has 1 amide bonds. The van der Waals surface area contributed by atoms with Crippen molar-refractivity contribution < 1.29 is 19.1 Å². The van der Waals surface area contributed by atoms with E-state index in [9.17, 15) is 14.4 Å². The van der Waals surface area contributed by atoms with Gasteiger partial charge in [-0.2, -0.15) is 0 Å². The first kappa shape index (κ1) is 17.1. The fourth-order valence-corrected chi connectivity index (χ4v) is 3.65. The number of hydrogen-bond donors (Lipinski definition) is 3. The summed E-state index contributed by atoms with van der Waals surface area (Å²) in [5, 5.41) is 11.5. The van der Waals surface area contributed by atoms with Crippen LogP contribution in [-0.4, -0.2) is 26.5 Å². The average molecular weight is 369 g/mol. The zero-order chi connectivity index (χ0) is 19.0. The number of aromatic carboxylic acids is 1. The van der Waals surface area contributed by atoms with E-state index in [-0.39, 0.29) is 29.9 Å². The van der Waals surface area contributed by atoms with Gasteiger partial charge in [0.05, 0.1) is 17.6 Å². The Balaban J connectivity index is 1.52. The smallest absolute Gasteiger partial charge is 0.371 e. The van der Waals surface area contributed by atoms with Crippen LogP contribution in [0.1, 0.15) is 58.4 Å². The topological polar surface area (TPSA) is 117 Å². The van der Waals surface area contributed by atoms with Gasteiger partial charge < -0.3 is 19.8 Å². The second-order valence-electron chi connectivity index (χ2n) is 6.72. The lowest BCUT2D eigenvalue weighted by Crippen LogP contribution is -2.22. The lowest BCUT2D eigenvalue weighted by molar-refractivity contribution is 0.0660. The third-order valence-electron chi connectivity index (χ3n) is 4.96. The second-order valence-corrected chi connectivity index (χ2v) is 6.72. The maximum Gasteiger partial charge on any atom is 0.371 e. The average Bonchev–Trinajstić information content (AvgIpc) is 3.37. The molecule has 1 saturated carbocycles. The van der Waals surface area contributed by atoms with Crippen molar-refractivity contribution in [1.82, 2.24) is 14.9 Å². The van der Waals surface area contributed by atoms with Crippen LogP contribution in [0.3, 0.4) is 0 Å². The molecule has 0 aliphatic heterocycles. The van der Waals surface area contributed by atoms with Gasteiger partial charge in [-0.25, -0.2) is 9.59 Å². The van der Waals surface area contributed by atoms with E-state index in [4.69, 9.17) is 9.52 Å². The molecule has 4 rings (SSSR count). The number of carboxylic acids is 1. The molecule has 2 aromatic heterocycles. The quantitative estimate of drug-likeness (QED) is 0.639. The Morgan fingerprint density at radius 3 is 2.70 bits per heavy atom. The molecule has 0 unspecified atom stereocenters. The van der Waals surface area contributed by atoms with Crippen molar-refractivity contribution in [1.29, 1.82) is 0 Å². The van der Waals surface area contributed by atoms with Gasteiger partial charge in [-0.1, -0.05) is 12.8 Å². The SMILES string of the molecule is O=C(NCc1ccc(C(=O)O)o1)c1ccc2c(c1)[nH]c(=O)n2C1CCCC1. The van der Waals surface area contributed by atoms with Crippen LogP contribution in [0, 0.1) is 0 Å². The number of aromatic amines is 1. The molecule has 3 aromatic rings. The molecule has 0 radical (unpaired) electrons. The molecule has 140 valence electrons. The minimum Gasteiger partial charge on any atom is -0.475 e. The number of hydrogen-bond acceptors (Lipinski definition) is 4. The van der Waals surface area contributed by atoms with Crippen LogP contribution in [0.5, 0.6) is 0 Å². The molecule has 0 spiro atoms. The predicted molar refractivity (Wildman–Crippen MR) is 96.9 cm³/mol. The minimum absolute atomic E-state index is 0.0732. The molecular formula is C19H19N3O5. The van der Waals surface area contributed by atoms with Crippen molar-refractivity contribution in [2.75, 3.05) is 0 Å². The number of carbonyl (C=O) groups is 2. The number of benzene rings is 1. The van der Waals surface area contributed by atoms with Gasteiger partial charge in [0.2, 0.25) is 5.76 Å². The molecule has 1 aliphatic rings. The van der Waals surface area contributed by atoms with E-state index in [1.165, 1.54) is 12.1 Å². The Labute approximate surface area is 153 Å². The van der Waals surface area contributed by atoms with Gasteiger partial charge in [0.25, 0.3) is 5.91 Å². The highest BCUT2D eigenvalue weighted by Gasteiger charge is 2.21. The molecule has 2 heterocycles. The Kier molecular flexibility index (Phi) is 4.31. The first-order valence-electron chi connectivity index (χ1n) is 8.87. The zero-order valence-corrected chi connectivity index (χ0v) is 14.5. The van der Waals surface area contributed by atoms with E-state index in [0.29, 0.717) is 16.8 Å². The summed E-state index contributed by atoms with van der Waals surface area (Å²) in [6.45, 7) is 0.0732. The van der Waals surface area contributed by atoms with E-state index < -0.39 is 5.97 Å². The number of nitrogens with zero attached hydrogens (tertiary/aromatic N) is 1. The summed E-state index contributed by atoms with van der Waals surface area (Å²) in [4.78, 5) is 38.3. The molecule has 27 heavy (non-hydrogen) atoms. The van der Waals surface area contributed by atoms with Gasteiger partial charge in [-0.3, -0.25) is 9.36 Å².